The van der Waals surface area contributed by atoms with Crippen LogP contribution in [0.5, 0.6) is 0 Å². The van der Waals surface area contributed by atoms with Crippen LogP contribution in [0.3, 0.4) is 0 Å². The normalized spacial score (nSPS) is 10.0. The van der Waals surface area contributed by atoms with Gasteiger partial charge in [-0.05, 0) is 12.1 Å². The molecule has 0 saturated heterocycles. The van der Waals surface area contributed by atoms with E-state index in [1.165, 1.54) is 0 Å². The SMILES string of the molecule is Cn1ccc2ncc(C#N)cc21. The van der Waals surface area contributed by atoms with Gasteiger partial charge in [-0.3, -0.25) is 4.98 Å². The highest BCUT2D eigenvalue weighted by Gasteiger charge is 1.99. The fourth-order valence-corrected chi connectivity index (χ4v) is 1.20. The molecule has 2 aromatic rings. The third-order valence-corrected chi connectivity index (χ3v) is 1.86. The second-order valence-corrected chi connectivity index (χ2v) is 2.67. The van der Waals surface area contributed by atoms with Gasteiger partial charge in [0.1, 0.15) is 6.07 Å². The highest BCUT2D eigenvalue weighted by molar-refractivity contribution is 5.76. The Morgan fingerprint density at radius 1 is 1.58 bits per heavy atom. The van der Waals surface area contributed by atoms with E-state index in [-0.39, 0.29) is 0 Å². The lowest BCUT2D eigenvalue weighted by atomic mass is 10.3. The molecular formula is C9H7N3. The molecule has 0 aliphatic rings. The molecule has 0 aromatic carbocycles. The monoisotopic (exact) mass is 157 g/mol. The molecule has 0 spiro atoms. The summed E-state index contributed by atoms with van der Waals surface area (Å²) in [6.45, 7) is 0. The highest BCUT2D eigenvalue weighted by atomic mass is 14.9. The molecule has 0 bridgehead atoms. The van der Waals surface area contributed by atoms with E-state index in [1.807, 2.05) is 29.9 Å². The van der Waals surface area contributed by atoms with E-state index in [2.05, 4.69) is 11.1 Å². The van der Waals surface area contributed by atoms with Crippen LogP contribution < -0.4 is 0 Å². The molecule has 0 fully saturated rings. The number of hydrogen-bond acceptors (Lipinski definition) is 2. The average molecular weight is 157 g/mol. The van der Waals surface area contributed by atoms with E-state index in [4.69, 9.17) is 5.26 Å². The molecular weight excluding hydrogens is 150 g/mol. The van der Waals surface area contributed by atoms with Gasteiger partial charge in [0.15, 0.2) is 0 Å². The number of aryl methyl sites for hydroxylation is 1. The number of rotatable bonds is 0. The highest BCUT2D eigenvalue weighted by Crippen LogP contribution is 2.12. The topological polar surface area (TPSA) is 41.6 Å². The molecule has 0 aliphatic carbocycles. The molecule has 0 radical (unpaired) electrons. The van der Waals surface area contributed by atoms with Gasteiger partial charge in [0, 0.05) is 19.4 Å². The van der Waals surface area contributed by atoms with Gasteiger partial charge in [0.25, 0.3) is 0 Å². The molecule has 0 N–H and O–H groups in total. The Kier molecular flexibility index (Phi) is 1.34. The molecule has 2 aromatic heterocycles. The first-order valence-electron chi connectivity index (χ1n) is 3.62. The maximum atomic E-state index is 8.63. The Balaban J connectivity index is 2.82. The number of fused-ring (bicyclic) bond motifs is 1. The maximum absolute atomic E-state index is 8.63. The molecule has 58 valence electrons. The van der Waals surface area contributed by atoms with Crippen LogP contribution in [0.15, 0.2) is 24.5 Å². The van der Waals surface area contributed by atoms with Crippen molar-refractivity contribution in [1.29, 1.82) is 5.26 Å². The van der Waals surface area contributed by atoms with E-state index in [0.717, 1.165) is 11.0 Å². The van der Waals surface area contributed by atoms with Gasteiger partial charge in [0.2, 0.25) is 0 Å². The molecule has 0 saturated carbocycles. The Morgan fingerprint density at radius 3 is 3.17 bits per heavy atom. The fourth-order valence-electron chi connectivity index (χ4n) is 1.20. The van der Waals surface area contributed by atoms with Gasteiger partial charge < -0.3 is 4.57 Å². The second-order valence-electron chi connectivity index (χ2n) is 2.67. The first kappa shape index (κ1) is 6.86. The van der Waals surface area contributed by atoms with Crippen LogP contribution in [-0.2, 0) is 7.05 Å². The Morgan fingerprint density at radius 2 is 2.42 bits per heavy atom. The van der Waals surface area contributed by atoms with E-state index in [0.29, 0.717) is 5.56 Å². The van der Waals surface area contributed by atoms with Crippen LogP contribution in [0.25, 0.3) is 11.0 Å². The maximum Gasteiger partial charge on any atom is 0.101 e. The third-order valence-electron chi connectivity index (χ3n) is 1.86. The molecule has 3 nitrogen and oxygen atoms in total. The zero-order valence-corrected chi connectivity index (χ0v) is 6.65. The fraction of sp³-hybridized carbons (Fsp3) is 0.111. The lowest BCUT2D eigenvalue weighted by Crippen LogP contribution is -1.86. The van der Waals surface area contributed by atoms with Crippen molar-refractivity contribution >= 4 is 11.0 Å². The lowest BCUT2D eigenvalue weighted by Gasteiger charge is -1.94. The summed E-state index contributed by atoms with van der Waals surface area (Å²) in [5.41, 5.74) is 2.52. The standard InChI is InChI=1S/C9H7N3/c1-12-3-2-8-9(12)4-7(5-10)6-11-8/h2-4,6H,1H3. The van der Waals surface area contributed by atoms with E-state index in [9.17, 15) is 0 Å². The summed E-state index contributed by atoms with van der Waals surface area (Å²) >= 11 is 0. The van der Waals surface area contributed by atoms with E-state index < -0.39 is 0 Å². The van der Waals surface area contributed by atoms with Gasteiger partial charge in [-0.25, -0.2) is 0 Å². The smallest absolute Gasteiger partial charge is 0.101 e. The first-order chi connectivity index (χ1) is 5.81. The Bertz CT molecular complexity index is 462. The summed E-state index contributed by atoms with van der Waals surface area (Å²) in [7, 11) is 1.94. The minimum atomic E-state index is 0.601. The zero-order valence-electron chi connectivity index (χ0n) is 6.65. The lowest BCUT2D eigenvalue weighted by molar-refractivity contribution is 0.968. The molecule has 2 heterocycles. The molecule has 3 heteroatoms. The van der Waals surface area contributed by atoms with Crippen molar-refractivity contribution < 1.29 is 0 Å². The van der Waals surface area contributed by atoms with Gasteiger partial charge in [-0.15, -0.1) is 0 Å². The predicted octanol–water partition coefficient (Wildman–Crippen LogP) is 1.44. The van der Waals surface area contributed by atoms with Crippen LogP contribution in [-0.4, -0.2) is 9.55 Å². The Labute approximate surface area is 69.9 Å². The van der Waals surface area contributed by atoms with Crippen molar-refractivity contribution in [2.75, 3.05) is 0 Å². The molecule has 2 rings (SSSR count). The second kappa shape index (κ2) is 2.35. The minimum Gasteiger partial charge on any atom is -0.349 e. The largest absolute Gasteiger partial charge is 0.349 e. The zero-order chi connectivity index (χ0) is 8.55. The van der Waals surface area contributed by atoms with Crippen molar-refractivity contribution in [2.45, 2.75) is 0 Å². The summed E-state index contributed by atoms with van der Waals surface area (Å²) < 4.78 is 1.95. The summed E-state index contributed by atoms with van der Waals surface area (Å²) in [6, 6.07) is 5.82. The summed E-state index contributed by atoms with van der Waals surface area (Å²) in [5.74, 6) is 0. The van der Waals surface area contributed by atoms with Crippen molar-refractivity contribution in [3.05, 3.63) is 30.1 Å². The summed E-state index contributed by atoms with van der Waals surface area (Å²) in [6.07, 6.45) is 3.52. The van der Waals surface area contributed by atoms with Crippen LogP contribution in [0.4, 0.5) is 0 Å². The molecule has 0 amide bonds. The first-order valence-corrected chi connectivity index (χ1v) is 3.62. The van der Waals surface area contributed by atoms with Crippen molar-refractivity contribution in [3.8, 4) is 6.07 Å². The van der Waals surface area contributed by atoms with Crippen molar-refractivity contribution in [3.63, 3.8) is 0 Å². The number of hydrogen-bond donors (Lipinski definition) is 0. The van der Waals surface area contributed by atoms with Crippen LogP contribution in [0.1, 0.15) is 5.56 Å². The van der Waals surface area contributed by atoms with Crippen LogP contribution in [0, 0.1) is 11.3 Å². The van der Waals surface area contributed by atoms with Gasteiger partial charge >= 0.3 is 0 Å². The molecule has 12 heavy (non-hydrogen) atoms. The number of aromatic nitrogens is 2. The molecule has 0 unspecified atom stereocenters. The predicted molar refractivity (Wildman–Crippen MR) is 45.4 cm³/mol. The van der Waals surface area contributed by atoms with Crippen molar-refractivity contribution in [2.24, 2.45) is 7.05 Å². The third kappa shape index (κ3) is 0.857. The summed E-state index contributed by atoms with van der Waals surface area (Å²) in [4.78, 5) is 4.13. The number of nitriles is 1. The average Bonchev–Trinajstić information content (AvgIpc) is 2.47. The van der Waals surface area contributed by atoms with E-state index in [1.54, 1.807) is 6.20 Å². The van der Waals surface area contributed by atoms with Gasteiger partial charge in [-0.1, -0.05) is 0 Å². The number of pyridine rings is 1. The van der Waals surface area contributed by atoms with Crippen molar-refractivity contribution in [1.82, 2.24) is 9.55 Å². The summed E-state index contributed by atoms with van der Waals surface area (Å²) in [5, 5.41) is 8.63. The van der Waals surface area contributed by atoms with E-state index >= 15 is 0 Å². The Hall–Kier alpha value is -1.82. The minimum absolute atomic E-state index is 0.601. The van der Waals surface area contributed by atoms with Crippen LogP contribution >= 0.6 is 0 Å². The molecule has 0 atom stereocenters. The quantitative estimate of drug-likeness (QED) is 0.580. The van der Waals surface area contributed by atoms with Gasteiger partial charge in [-0.2, -0.15) is 5.26 Å². The van der Waals surface area contributed by atoms with Crippen LogP contribution in [0.2, 0.25) is 0 Å². The van der Waals surface area contributed by atoms with Gasteiger partial charge in [0.05, 0.1) is 16.6 Å². The molecule has 0 aliphatic heterocycles. The number of nitrogens with zero attached hydrogens (tertiary/aromatic N) is 3.